The number of aryl methyl sites for hydroxylation is 1. The number of carbonyl (C=O) groups is 2. The summed E-state index contributed by atoms with van der Waals surface area (Å²) in [5.74, 6) is 1.63. The molecule has 0 radical (unpaired) electrons. The normalized spacial score (nSPS) is 11.8. The van der Waals surface area contributed by atoms with Crippen molar-refractivity contribution in [2.24, 2.45) is 0 Å². The Bertz CT molecular complexity index is 1850. The first-order valence-electron chi connectivity index (χ1n) is 14.4. The number of anilines is 3. The van der Waals surface area contributed by atoms with Crippen LogP contribution in [0, 0.1) is 6.92 Å². The Labute approximate surface area is 256 Å². The monoisotopic (exact) mass is 595 g/mol. The molecule has 11 heteroatoms. The summed E-state index contributed by atoms with van der Waals surface area (Å²) in [6, 6.07) is 17.3. The van der Waals surface area contributed by atoms with Gasteiger partial charge in [-0.25, -0.2) is 24.3 Å². The van der Waals surface area contributed by atoms with E-state index in [9.17, 15) is 9.59 Å². The number of amides is 1. The molecule has 1 amide bonds. The SMILES string of the molecule is CCOC(=O)n1c(C(C)Nc2nc(C)nc3ccc(N(C)c4cnc(OC)c(CC(=O)N(C)C)c4)cc23)cc2ccccc21. The number of benzene rings is 2. The van der Waals surface area contributed by atoms with Crippen molar-refractivity contribution in [2.45, 2.75) is 33.2 Å². The van der Waals surface area contributed by atoms with Gasteiger partial charge in [0.1, 0.15) is 11.6 Å². The molecular weight excluding hydrogens is 558 g/mol. The molecule has 228 valence electrons. The number of nitrogens with zero attached hydrogens (tertiary/aromatic N) is 6. The number of hydrogen-bond donors (Lipinski definition) is 1. The van der Waals surface area contributed by atoms with Crippen LogP contribution in [0.15, 0.2) is 60.8 Å². The molecule has 5 aromatic rings. The molecule has 1 atom stereocenters. The van der Waals surface area contributed by atoms with E-state index in [2.05, 4.69) is 15.3 Å². The Morgan fingerprint density at radius 3 is 2.52 bits per heavy atom. The fourth-order valence-electron chi connectivity index (χ4n) is 5.17. The number of aromatic nitrogens is 4. The Morgan fingerprint density at radius 1 is 1.02 bits per heavy atom. The van der Waals surface area contributed by atoms with Crippen LogP contribution in [-0.2, 0) is 16.0 Å². The minimum absolute atomic E-state index is 0.0463. The van der Waals surface area contributed by atoms with Crippen LogP contribution in [0.5, 0.6) is 5.88 Å². The zero-order valence-corrected chi connectivity index (χ0v) is 26.1. The second kappa shape index (κ2) is 12.6. The van der Waals surface area contributed by atoms with E-state index in [0.29, 0.717) is 23.1 Å². The number of rotatable bonds is 9. The molecule has 0 saturated carbocycles. The number of para-hydroxylation sites is 1. The number of likely N-dealkylation sites (N-methyl/N-ethyl adjacent to an activating group) is 1. The van der Waals surface area contributed by atoms with Gasteiger partial charge in [-0.15, -0.1) is 0 Å². The molecular formula is C33H37N7O4. The number of carbonyl (C=O) groups excluding carboxylic acids is 2. The van der Waals surface area contributed by atoms with E-state index in [1.165, 1.54) is 0 Å². The fourth-order valence-corrected chi connectivity index (χ4v) is 5.17. The van der Waals surface area contributed by atoms with Gasteiger partial charge in [0.15, 0.2) is 0 Å². The molecule has 11 nitrogen and oxygen atoms in total. The molecule has 3 heterocycles. The Hall–Kier alpha value is -5.19. The van der Waals surface area contributed by atoms with E-state index in [-0.39, 0.29) is 25.0 Å². The van der Waals surface area contributed by atoms with E-state index < -0.39 is 6.09 Å². The second-order valence-electron chi connectivity index (χ2n) is 10.7. The highest BCUT2D eigenvalue weighted by Gasteiger charge is 2.22. The summed E-state index contributed by atoms with van der Waals surface area (Å²) in [6.07, 6.45) is 1.46. The van der Waals surface area contributed by atoms with Crippen LogP contribution in [0.4, 0.5) is 22.0 Å². The molecule has 1 unspecified atom stereocenters. The lowest BCUT2D eigenvalue weighted by molar-refractivity contribution is -0.128. The van der Waals surface area contributed by atoms with E-state index in [1.807, 2.05) is 80.4 Å². The summed E-state index contributed by atoms with van der Waals surface area (Å²) in [5.41, 5.74) is 4.68. The number of nitrogens with one attached hydrogen (secondary N) is 1. The van der Waals surface area contributed by atoms with Crippen molar-refractivity contribution in [1.29, 1.82) is 0 Å². The van der Waals surface area contributed by atoms with Crippen molar-refractivity contribution >= 4 is 51.0 Å². The third-order valence-corrected chi connectivity index (χ3v) is 7.50. The third-order valence-electron chi connectivity index (χ3n) is 7.50. The molecule has 0 aliphatic rings. The van der Waals surface area contributed by atoms with Gasteiger partial charge in [0.25, 0.3) is 0 Å². The Morgan fingerprint density at radius 2 is 1.80 bits per heavy atom. The summed E-state index contributed by atoms with van der Waals surface area (Å²) >= 11 is 0. The van der Waals surface area contributed by atoms with E-state index in [0.717, 1.165) is 38.9 Å². The lowest BCUT2D eigenvalue weighted by Crippen LogP contribution is -2.24. The third kappa shape index (κ3) is 5.98. The highest BCUT2D eigenvalue weighted by Crippen LogP contribution is 2.33. The molecule has 44 heavy (non-hydrogen) atoms. The van der Waals surface area contributed by atoms with Gasteiger partial charge in [-0.1, -0.05) is 18.2 Å². The van der Waals surface area contributed by atoms with Crippen molar-refractivity contribution in [3.05, 3.63) is 77.9 Å². The Kier molecular flexibility index (Phi) is 8.66. The lowest BCUT2D eigenvalue weighted by Gasteiger charge is -2.22. The molecule has 2 aromatic carbocycles. The first-order valence-corrected chi connectivity index (χ1v) is 14.4. The number of pyridine rings is 1. The molecule has 1 N–H and O–H groups in total. The second-order valence-corrected chi connectivity index (χ2v) is 10.7. The van der Waals surface area contributed by atoms with Gasteiger partial charge >= 0.3 is 6.09 Å². The van der Waals surface area contributed by atoms with Crippen LogP contribution in [0.2, 0.25) is 0 Å². The summed E-state index contributed by atoms with van der Waals surface area (Å²) in [4.78, 5) is 42.9. The Balaban J connectivity index is 1.51. The van der Waals surface area contributed by atoms with E-state index in [4.69, 9.17) is 14.5 Å². The van der Waals surface area contributed by atoms with Gasteiger partial charge in [0.2, 0.25) is 11.8 Å². The molecule has 0 bridgehead atoms. The van der Waals surface area contributed by atoms with Gasteiger partial charge in [-0.2, -0.15) is 0 Å². The average molecular weight is 596 g/mol. The van der Waals surface area contributed by atoms with E-state index in [1.54, 1.807) is 43.8 Å². The number of fused-ring (bicyclic) bond motifs is 2. The summed E-state index contributed by atoms with van der Waals surface area (Å²) in [5, 5.41) is 5.29. The van der Waals surface area contributed by atoms with Crippen LogP contribution >= 0.6 is 0 Å². The average Bonchev–Trinajstić information content (AvgIpc) is 3.40. The minimum Gasteiger partial charge on any atom is -0.481 e. The standard InChI is InChI=1S/C33H37N7O4/c1-8-44-33(42)40-28-12-10-9-11-22(28)16-29(40)20(2)35-31-26-18-24(13-14-27(26)36-21(3)37-31)39(6)25-15-23(17-30(41)38(4)5)32(43-7)34-19-25/h9-16,18-20H,8,17H2,1-7H3,(H,35,36,37). The fraction of sp³-hybridized carbons (Fsp3) is 0.303. The van der Waals surface area contributed by atoms with Gasteiger partial charge in [-0.3, -0.25) is 4.79 Å². The molecule has 0 aliphatic heterocycles. The molecule has 0 fully saturated rings. The highest BCUT2D eigenvalue weighted by molar-refractivity contribution is 5.94. The first-order chi connectivity index (χ1) is 21.1. The summed E-state index contributed by atoms with van der Waals surface area (Å²) in [7, 11) is 6.92. The van der Waals surface area contributed by atoms with Gasteiger partial charge in [-0.05, 0) is 57.2 Å². The summed E-state index contributed by atoms with van der Waals surface area (Å²) < 4.78 is 12.4. The predicted molar refractivity (Wildman–Crippen MR) is 172 cm³/mol. The maximum atomic E-state index is 13.0. The van der Waals surface area contributed by atoms with Crippen LogP contribution in [-0.4, -0.2) is 71.3 Å². The maximum Gasteiger partial charge on any atom is 0.418 e. The van der Waals surface area contributed by atoms with Crippen LogP contribution < -0.4 is 15.0 Å². The molecule has 5 rings (SSSR count). The van der Waals surface area contributed by atoms with Crippen molar-refractivity contribution in [1.82, 2.24) is 24.4 Å². The number of ether oxygens (including phenoxy) is 2. The number of methoxy groups -OCH3 is 1. The lowest BCUT2D eigenvalue weighted by atomic mass is 10.1. The molecule has 0 aliphatic carbocycles. The van der Waals surface area contributed by atoms with Crippen LogP contribution in [0.1, 0.15) is 37.0 Å². The van der Waals surface area contributed by atoms with Crippen LogP contribution in [0.3, 0.4) is 0 Å². The molecule has 0 saturated heterocycles. The van der Waals surface area contributed by atoms with Crippen LogP contribution in [0.25, 0.3) is 21.8 Å². The van der Waals surface area contributed by atoms with Gasteiger partial charge < -0.3 is 24.6 Å². The van der Waals surface area contributed by atoms with Gasteiger partial charge in [0, 0.05) is 43.2 Å². The van der Waals surface area contributed by atoms with Crippen molar-refractivity contribution in [2.75, 3.05) is 45.1 Å². The zero-order chi connectivity index (χ0) is 31.5. The maximum absolute atomic E-state index is 13.0. The predicted octanol–water partition coefficient (Wildman–Crippen LogP) is 5.87. The smallest absolute Gasteiger partial charge is 0.418 e. The zero-order valence-electron chi connectivity index (χ0n) is 26.1. The van der Waals surface area contributed by atoms with Crippen molar-refractivity contribution in [3.63, 3.8) is 0 Å². The van der Waals surface area contributed by atoms with Crippen molar-refractivity contribution in [3.8, 4) is 5.88 Å². The first kappa shape index (κ1) is 30.3. The molecule has 0 spiro atoms. The van der Waals surface area contributed by atoms with Gasteiger partial charge in [0.05, 0.1) is 54.8 Å². The number of hydrogen-bond acceptors (Lipinski definition) is 9. The largest absolute Gasteiger partial charge is 0.481 e. The summed E-state index contributed by atoms with van der Waals surface area (Å²) in [6.45, 7) is 5.91. The van der Waals surface area contributed by atoms with Crippen molar-refractivity contribution < 1.29 is 19.1 Å². The molecule has 3 aromatic heterocycles. The van der Waals surface area contributed by atoms with E-state index >= 15 is 0 Å². The topological polar surface area (TPSA) is 115 Å². The quantitative estimate of drug-likeness (QED) is 0.223. The minimum atomic E-state index is -0.426. The highest BCUT2D eigenvalue weighted by atomic mass is 16.5.